The first-order chi connectivity index (χ1) is 9.27. The first-order valence-electron chi connectivity index (χ1n) is 5.67. The normalized spacial score (nSPS) is 10.6. The standard InChI is InChI=1S/C14H9BrFN3/c15-12-8-4-7-11(13(12)16)14-18-17-9-19(14)10-5-2-1-3-6-10/h1-9H. The van der Waals surface area contributed by atoms with Crippen molar-refractivity contribution < 1.29 is 4.39 Å². The van der Waals surface area contributed by atoms with Gasteiger partial charge in [-0.2, -0.15) is 0 Å². The summed E-state index contributed by atoms with van der Waals surface area (Å²) < 4.78 is 16.3. The van der Waals surface area contributed by atoms with Crippen LogP contribution in [0.4, 0.5) is 4.39 Å². The lowest BCUT2D eigenvalue weighted by molar-refractivity contribution is 0.623. The van der Waals surface area contributed by atoms with E-state index in [4.69, 9.17) is 0 Å². The van der Waals surface area contributed by atoms with Crippen molar-refractivity contribution in [1.29, 1.82) is 0 Å². The van der Waals surface area contributed by atoms with E-state index in [0.29, 0.717) is 15.9 Å². The minimum absolute atomic E-state index is 0.340. The molecule has 0 aliphatic heterocycles. The summed E-state index contributed by atoms with van der Waals surface area (Å²) in [5.74, 6) is 0.137. The second-order valence-corrected chi connectivity index (χ2v) is 4.82. The Morgan fingerprint density at radius 1 is 1.00 bits per heavy atom. The Hall–Kier alpha value is -2.01. The van der Waals surface area contributed by atoms with Crippen molar-refractivity contribution in [3.8, 4) is 17.1 Å². The van der Waals surface area contributed by atoms with Crippen molar-refractivity contribution in [1.82, 2.24) is 14.8 Å². The molecule has 0 atom stereocenters. The summed E-state index contributed by atoms with van der Waals surface area (Å²) in [7, 11) is 0. The van der Waals surface area contributed by atoms with E-state index in [2.05, 4.69) is 26.1 Å². The summed E-state index contributed by atoms with van der Waals surface area (Å²) in [6.45, 7) is 0. The molecule has 3 rings (SSSR count). The molecule has 5 heteroatoms. The van der Waals surface area contributed by atoms with Crippen LogP contribution < -0.4 is 0 Å². The Balaban J connectivity index is 2.18. The average molecular weight is 318 g/mol. The van der Waals surface area contributed by atoms with Crippen molar-refractivity contribution in [2.24, 2.45) is 0 Å². The Labute approximate surface area is 117 Å². The molecule has 1 aromatic heterocycles. The van der Waals surface area contributed by atoms with Gasteiger partial charge in [0.15, 0.2) is 5.82 Å². The summed E-state index contributed by atoms with van der Waals surface area (Å²) in [5, 5.41) is 7.89. The van der Waals surface area contributed by atoms with E-state index in [0.717, 1.165) is 5.69 Å². The third kappa shape index (κ3) is 2.17. The number of halogens is 2. The predicted octanol–water partition coefficient (Wildman–Crippen LogP) is 3.84. The molecule has 0 N–H and O–H groups in total. The molecule has 3 nitrogen and oxygen atoms in total. The van der Waals surface area contributed by atoms with Gasteiger partial charge in [-0.05, 0) is 40.2 Å². The van der Waals surface area contributed by atoms with Gasteiger partial charge in [0, 0.05) is 5.69 Å². The second-order valence-electron chi connectivity index (χ2n) is 3.96. The topological polar surface area (TPSA) is 30.7 Å². The van der Waals surface area contributed by atoms with Crippen LogP contribution in [0, 0.1) is 5.82 Å². The SMILES string of the molecule is Fc1c(Br)cccc1-c1nncn1-c1ccccc1. The van der Waals surface area contributed by atoms with E-state index < -0.39 is 0 Å². The fourth-order valence-corrected chi connectivity index (χ4v) is 2.24. The zero-order valence-electron chi connectivity index (χ0n) is 9.79. The van der Waals surface area contributed by atoms with Gasteiger partial charge in [-0.15, -0.1) is 10.2 Å². The van der Waals surface area contributed by atoms with Gasteiger partial charge in [-0.25, -0.2) is 4.39 Å². The van der Waals surface area contributed by atoms with Gasteiger partial charge < -0.3 is 0 Å². The molecule has 0 unspecified atom stereocenters. The molecule has 0 saturated heterocycles. The number of benzene rings is 2. The molecule has 0 amide bonds. The van der Waals surface area contributed by atoms with Crippen LogP contribution in [0.2, 0.25) is 0 Å². The van der Waals surface area contributed by atoms with E-state index in [1.54, 1.807) is 29.1 Å². The molecular formula is C14H9BrFN3. The minimum Gasteiger partial charge on any atom is -0.282 e. The maximum absolute atomic E-state index is 14.1. The molecule has 0 spiro atoms. The van der Waals surface area contributed by atoms with Gasteiger partial charge in [0.05, 0.1) is 10.0 Å². The quantitative estimate of drug-likeness (QED) is 0.719. The Morgan fingerprint density at radius 3 is 2.58 bits per heavy atom. The molecular weight excluding hydrogens is 309 g/mol. The molecule has 0 bridgehead atoms. The van der Waals surface area contributed by atoms with Crippen molar-refractivity contribution in [2.45, 2.75) is 0 Å². The van der Waals surface area contributed by atoms with E-state index in [1.165, 1.54) is 0 Å². The summed E-state index contributed by atoms with van der Waals surface area (Å²) >= 11 is 3.18. The first-order valence-corrected chi connectivity index (χ1v) is 6.46. The minimum atomic E-state index is -0.340. The van der Waals surface area contributed by atoms with E-state index >= 15 is 0 Å². The fourth-order valence-electron chi connectivity index (χ4n) is 1.87. The Morgan fingerprint density at radius 2 is 1.79 bits per heavy atom. The number of hydrogen-bond acceptors (Lipinski definition) is 2. The van der Waals surface area contributed by atoms with Crippen LogP contribution in [0.5, 0.6) is 0 Å². The molecule has 0 radical (unpaired) electrons. The summed E-state index contributed by atoms with van der Waals surface area (Å²) in [6, 6.07) is 14.7. The highest BCUT2D eigenvalue weighted by atomic mass is 79.9. The molecule has 0 saturated carbocycles. The Bertz CT molecular complexity index is 710. The molecule has 0 aliphatic carbocycles. The van der Waals surface area contributed by atoms with Crippen molar-refractivity contribution in [3.63, 3.8) is 0 Å². The van der Waals surface area contributed by atoms with Gasteiger partial charge >= 0.3 is 0 Å². The van der Waals surface area contributed by atoms with Crippen molar-refractivity contribution in [2.75, 3.05) is 0 Å². The smallest absolute Gasteiger partial charge is 0.171 e. The molecule has 0 fully saturated rings. The number of aromatic nitrogens is 3. The Kier molecular flexibility index (Phi) is 3.13. The van der Waals surface area contributed by atoms with Gasteiger partial charge in [0.1, 0.15) is 12.1 Å². The number of nitrogens with zero attached hydrogens (tertiary/aromatic N) is 3. The van der Waals surface area contributed by atoms with E-state index in [-0.39, 0.29) is 5.82 Å². The third-order valence-corrected chi connectivity index (χ3v) is 3.39. The van der Waals surface area contributed by atoms with Crippen LogP contribution in [0.15, 0.2) is 59.3 Å². The van der Waals surface area contributed by atoms with Crippen LogP contribution in [0.25, 0.3) is 17.1 Å². The summed E-state index contributed by atoms with van der Waals surface area (Å²) in [6.07, 6.45) is 1.57. The van der Waals surface area contributed by atoms with Gasteiger partial charge in [0.2, 0.25) is 0 Å². The zero-order valence-corrected chi connectivity index (χ0v) is 11.4. The molecule has 94 valence electrons. The largest absolute Gasteiger partial charge is 0.282 e. The highest BCUT2D eigenvalue weighted by molar-refractivity contribution is 9.10. The second kappa shape index (κ2) is 4.93. The van der Waals surface area contributed by atoms with Gasteiger partial charge in [-0.1, -0.05) is 24.3 Å². The predicted molar refractivity (Wildman–Crippen MR) is 74.5 cm³/mol. The van der Waals surface area contributed by atoms with Crippen LogP contribution >= 0.6 is 15.9 Å². The van der Waals surface area contributed by atoms with Gasteiger partial charge in [-0.3, -0.25) is 4.57 Å². The molecule has 1 heterocycles. The van der Waals surface area contributed by atoms with Crippen molar-refractivity contribution >= 4 is 15.9 Å². The first kappa shape index (κ1) is 12.0. The lowest BCUT2D eigenvalue weighted by atomic mass is 10.2. The lowest BCUT2D eigenvalue weighted by Crippen LogP contribution is -1.98. The summed E-state index contributed by atoms with van der Waals surface area (Å²) in [5.41, 5.74) is 1.30. The van der Waals surface area contributed by atoms with Gasteiger partial charge in [0.25, 0.3) is 0 Å². The van der Waals surface area contributed by atoms with Crippen LogP contribution in [0.3, 0.4) is 0 Å². The third-order valence-electron chi connectivity index (χ3n) is 2.77. The molecule has 19 heavy (non-hydrogen) atoms. The molecule has 0 aliphatic rings. The maximum Gasteiger partial charge on any atom is 0.171 e. The lowest BCUT2D eigenvalue weighted by Gasteiger charge is -2.07. The molecule has 3 aromatic rings. The number of rotatable bonds is 2. The maximum atomic E-state index is 14.1. The zero-order chi connectivity index (χ0) is 13.2. The average Bonchev–Trinajstić information content (AvgIpc) is 2.92. The van der Waals surface area contributed by atoms with Crippen LogP contribution in [-0.4, -0.2) is 14.8 Å². The highest BCUT2D eigenvalue weighted by Crippen LogP contribution is 2.27. The van der Waals surface area contributed by atoms with Crippen molar-refractivity contribution in [3.05, 3.63) is 65.1 Å². The monoisotopic (exact) mass is 317 g/mol. The summed E-state index contributed by atoms with van der Waals surface area (Å²) in [4.78, 5) is 0. The van der Waals surface area contributed by atoms with E-state index in [9.17, 15) is 4.39 Å². The van der Waals surface area contributed by atoms with Crippen LogP contribution in [0.1, 0.15) is 0 Å². The number of hydrogen-bond donors (Lipinski definition) is 0. The highest BCUT2D eigenvalue weighted by Gasteiger charge is 2.14. The van der Waals surface area contributed by atoms with E-state index in [1.807, 2.05) is 30.3 Å². The van der Waals surface area contributed by atoms with Crippen LogP contribution in [-0.2, 0) is 0 Å². The number of para-hydroxylation sites is 1. The molecule has 2 aromatic carbocycles. The fraction of sp³-hybridized carbons (Fsp3) is 0.